The molecule has 2 aromatic carbocycles. The third-order valence-electron chi connectivity index (χ3n) is 3.27. The molecule has 0 radical (unpaired) electrons. The van der Waals surface area contributed by atoms with Gasteiger partial charge in [-0.25, -0.2) is 8.42 Å². The Hall–Kier alpha value is -2.32. The summed E-state index contributed by atoms with van der Waals surface area (Å²) in [5.41, 5.74) is 3.49. The van der Waals surface area contributed by atoms with Crippen molar-refractivity contribution >= 4 is 15.7 Å². The number of nitriles is 1. The number of sulfonamides is 1. The predicted octanol–water partition coefficient (Wildman–Crippen LogP) is 3.28. The number of benzene rings is 2. The van der Waals surface area contributed by atoms with Crippen LogP contribution in [-0.2, 0) is 10.0 Å². The van der Waals surface area contributed by atoms with Crippen molar-refractivity contribution in [3.05, 3.63) is 58.7 Å². The monoisotopic (exact) mass is 300 g/mol. The zero-order valence-corrected chi connectivity index (χ0v) is 13.0. The summed E-state index contributed by atoms with van der Waals surface area (Å²) in [4.78, 5) is 0.201. The summed E-state index contributed by atoms with van der Waals surface area (Å²) in [7, 11) is -3.65. The van der Waals surface area contributed by atoms with Crippen LogP contribution in [0.25, 0.3) is 0 Å². The van der Waals surface area contributed by atoms with Gasteiger partial charge in [-0.15, -0.1) is 0 Å². The highest BCUT2D eigenvalue weighted by Gasteiger charge is 2.16. The largest absolute Gasteiger partial charge is 0.279 e. The molecule has 0 aliphatic carbocycles. The van der Waals surface area contributed by atoms with Gasteiger partial charge in [-0.05, 0) is 50.1 Å². The van der Waals surface area contributed by atoms with Gasteiger partial charge in [0.05, 0.1) is 22.2 Å². The van der Waals surface area contributed by atoms with Crippen molar-refractivity contribution in [1.82, 2.24) is 0 Å². The van der Waals surface area contributed by atoms with Crippen molar-refractivity contribution in [2.75, 3.05) is 4.72 Å². The summed E-state index contributed by atoms with van der Waals surface area (Å²) >= 11 is 0. The molecule has 0 aliphatic heterocycles. The van der Waals surface area contributed by atoms with Crippen molar-refractivity contribution in [1.29, 1.82) is 5.26 Å². The molecule has 0 saturated heterocycles. The van der Waals surface area contributed by atoms with E-state index in [-0.39, 0.29) is 4.90 Å². The maximum Gasteiger partial charge on any atom is 0.261 e. The fraction of sp³-hybridized carbons (Fsp3) is 0.188. The van der Waals surface area contributed by atoms with Gasteiger partial charge in [0.25, 0.3) is 10.0 Å². The summed E-state index contributed by atoms with van der Waals surface area (Å²) in [6, 6.07) is 12.0. The van der Waals surface area contributed by atoms with Crippen LogP contribution in [0.3, 0.4) is 0 Å². The van der Waals surface area contributed by atoms with Gasteiger partial charge in [0, 0.05) is 0 Å². The van der Waals surface area contributed by atoms with E-state index in [4.69, 9.17) is 5.26 Å². The van der Waals surface area contributed by atoms with Gasteiger partial charge >= 0.3 is 0 Å². The fourth-order valence-electron chi connectivity index (χ4n) is 2.00. The van der Waals surface area contributed by atoms with Crippen molar-refractivity contribution in [3.8, 4) is 6.07 Å². The van der Waals surface area contributed by atoms with E-state index in [1.807, 2.05) is 13.8 Å². The van der Waals surface area contributed by atoms with E-state index in [2.05, 4.69) is 10.8 Å². The minimum absolute atomic E-state index is 0.201. The quantitative estimate of drug-likeness (QED) is 0.945. The smallest absolute Gasteiger partial charge is 0.261 e. The standard InChI is InChI=1S/C16H16N2O2S/c1-11-4-6-15(7-5-11)21(19,20)18-16-9-14(10-17)12(2)8-13(16)3/h4-9,18H,1-3H3. The van der Waals surface area contributed by atoms with Crippen LogP contribution in [0.4, 0.5) is 5.69 Å². The van der Waals surface area contributed by atoms with Gasteiger partial charge in [0.1, 0.15) is 0 Å². The number of hydrogen-bond donors (Lipinski definition) is 1. The third-order valence-corrected chi connectivity index (χ3v) is 4.65. The maximum absolute atomic E-state index is 12.4. The van der Waals surface area contributed by atoms with Gasteiger partial charge < -0.3 is 0 Å². The zero-order valence-electron chi connectivity index (χ0n) is 12.1. The summed E-state index contributed by atoms with van der Waals surface area (Å²) in [6.07, 6.45) is 0. The van der Waals surface area contributed by atoms with Crippen LogP contribution >= 0.6 is 0 Å². The predicted molar refractivity (Wildman–Crippen MR) is 82.6 cm³/mol. The molecule has 0 unspecified atom stereocenters. The lowest BCUT2D eigenvalue weighted by Gasteiger charge is -2.12. The Morgan fingerprint density at radius 1 is 1.00 bits per heavy atom. The van der Waals surface area contributed by atoms with E-state index in [0.29, 0.717) is 11.3 Å². The van der Waals surface area contributed by atoms with Gasteiger partial charge in [-0.3, -0.25) is 4.72 Å². The average molecular weight is 300 g/mol. The van der Waals surface area contributed by atoms with Crippen LogP contribution in [-0.4, -0.2) is 8.42 Å². The number of rotatable bonds is 3. The molecule has 0 fully saturated rings. The number of anilines is 1. The van der Waals surface area contributed by atoms with Crippen molar-refractivity contribution in [3.63, 3.8) is 0 Å². The topological polar surface area (TPSA) is 70.0 Å². The Labute approximate surface area is 125 Å². The molecule has 2 aromatic rings. The number of hydrogen-bond acceptors (Lipinski definition) is 3. The average Bonchev–Trinajstić information content (AvgIpc) is 2.42. The van der Waals surface area contributed by atoms with Gasteiger partial charge in [-0.2, -0.15) is 5.26 Å². The van der Waals surface area contributed by atoms with E-state index in [9.17, 15) is 8.42 Å². The van der Waals surface area contributed by atoms with E-state index in [1.54, 1.807) is 43.3 Å². The highest BCUT2D eigenvalue weighted by atomic mass is 32.2. The first-order valence-corrected chi connectivity index (χ1v) is 7.92. The number of nitrogens with zero attached hydrogens (tertiary/aromatic N) is 1. The highest BCUT2D eigenvalue weighted by Crippen LogP contribution is 2.23. The number of aryl methyl sites for hydroxylation is 3. The molecule has 2 rings (SSSR count). The highest BCUT2D eigenvalue weighted by molar-refractivity contribution is 7.92. The molecular weight excluding hydrogens is 284 g/mol. The third kappa shape index (κ3) is 3.23. The van der Waals surface area contributed by atoms with Crippen molar-refractivity contribution in [2.24, 2.45) is 0 Å². The van der Waals surface area contributed by atoms with Crippen LogP contribution < -0.4 is 4.72 Å². The molecule has 108 valence electrons. The molecule has 0 heterocycles. The van der Waals surface area contributed by atoms with Crippen LogP contribution in [0.5, 0.6) is 0 Å². The Kier molecular flexibility index (Phi) is 4.01. The van der Waals surface area contributed by atoms with Crippen LogP contribution in [0.2, 0.25) is 0 Å². The molecule has 0 aliphatic rings. The summed E-state index contributed by atoms with van der Waals surface area (Å²) in [6.45, 7) is 5.53. The summed E-state index contributed by atoms with van der Waals surface area (Å²) < 4.78 is 27.3. The van der Waals surface area contributed by atoms with Crippen molar-refractivity contribution in [2.45, 2.75) is 25.7 Å². The molecule has 0 aromatic heterocycles. The van der Waals surface area contributed by atoms with E-state index >= 15 is 0 Å². The molecule has 0 amide bonds. The van der Waals surface area contributed by atoms with E-state index < -0.39 is 10.0 Å². The summed E-state index contributed by atoms with van der Waals surface area (Å²) in [5, 5.41) is 9.05. The Bertz CT molecular complexity index is 817. The number of nitrogens with one attached hydrogen (secondary N) is 1. The van der Waals surface area contributed by atoms with Gasteiger partial charge in [0.15, 0.2) is 0 Å². The first kappa shape index (κ1) is 15.1. The lowest BCUT2D eigenvalue weighted by atomic mass is 10.1. The normalized spacial score (nSPS) is 11.0. The summed E-state index contributed by atoms with van der Waals surface area (Å²) in [5.74, 6) is 0. The SMILES string of the molecule is Cc1ccc(S(=O)(=O)Nc2cc(C#N)c(C)cc2C)cc1. The molecular formula is C16H16N2O2S. The van der Waals surface area contributed by atoms with Crippen molar-refractivity contribution < 1.29 is 8.42 Å². The second-order valence-electron chi connectivity index (χ2n) is 5.01. The van der Waals surface area contributed by atoms with Crippen LogP contribution in [0.1, 0.15) is 22.3 Å². The van der Waals surface area contributed by atoms with Gasteiger partial charge in [0.2, 0.25) is 0 Å². The molecule has 21 heavy (non-hydrogen) atoms. The first-order chi connectivity index (χ1) is 9.83. The second-order valence-corrected chi connectivity index (χ2v) is 6.69. The lowest BCUT2D eigenvalue weighted by molar-refractivity contribution is 0.601. The molecule has 1 N–H and O–H groups in total. The molecule has 4 nitrogen and oxygen atoms in total. The van der Waals surface area contributed by atoms with E-state index in [0.717, 1.165) is 16.7 Å². The molecule has 5 heteroatoms. The Balaban J connectivity index is 2.42. The molecule has 0 bridgehead atoms. The van der Waals surface area contributed by atoms with Crippen LogP contribution in [0, 0.1) is 32.1 Å². The second kappa shape index (κ2) is 5.58. The fourth-order valence-corrected chi connectivity index (χ4v) is 3.13. The first-order valence-electron chi connectivity index (χ1n) is 6.44. The minimum atomic E-state index is -3.65. The Morgan fingerprint density at radius 2 is 1.62 bits per heavy atom. The molecule has 0 spiro atoms. The molecule has 0 atom stereocenters. The van der Waals surface area contributed by atoms with Crippen LogP contribution in [0.15, 0.2) is 41.3 Å². The minimum Gasteiger partial charge on any atom is -0.279 e. The van der Waals surface area contributed by atoms with Gasteiger partial charge in [-0.1, -0.05) is 23.8 Å². The Morgan fingerprint density at radius 3 is 2.19 bits per heavy atom. The lowest BCUT2D eigenvalue weighted by Crippen LogP contribution is -2.14. The molecule has 0 saturated carbocycles. The zero-order chi connectivity index (χ0) is 15.6. The maximum atomic E-state index is 12.4. The van der Waals surface area contributed by atoms with E-state index in [1.165, 1.54) is 0 Å².